The van der Waals surface area contributed by atoms with E-state index in [9.17, 15) is 9.59 Å². The minimum Gasteiger partial charge on any atom is -0.359 e. The van der Waals surface area contributed by atoms with Crippen LogP contribution in [0.15, 0.2) is 28.9 Å². The molecule has 1 aromatic carbocycles. The third-order valence-corrected chi connectivity index (χ3v) is 3.47. The molecule has 0 aliphatic rings. The van der Waals surface area contributed by atoms with Gasteiger partial charge in [-0.3, -0.25) is 9.48 Å². The first-order chi connectivity index (χ1) is 9.15. The third kappa shape index (κ3) is 3.01. The van der Waals surface area contributed by atoms with Crippen LogP contribution in [0.4, 0.5) is 0 Å². The van der Waals surface area contributed by atoms with Gasteiger partial charge in [0.05, 0.1) is 11.7 Å². The Bertz CT molecular complexity index is 609. The van der Waals surface area contributed by atoms with Gasteiger partial charge in [-0.15, -0.1) is 0 Å². The van der Waals surface area contributed by atoms with Crippen molar-refractivity contribution < 1.29 is 9.59 Å². The van der Waals surface area contributed by atoms with Gasteiger partial charge in [0.2, 0.25) is 5.91 Å². The van der Waals surface area contributed by atoms with Gasteiger partial charge in [-0.2, -0.15) is 5.10 Å². The number of hydrogen-bond donors (Lipinski definition) is 1. The highest BCUT2D eigenvalue weighted by Gasteiger charge is 2.15. The highest BCUT2D eigenvalue weighted by Crippen LogP contribution is 2.23. The Labute approximate surface area is 119 Å². The first kappa shape index (κ1) is 13.7. The zero-order chi connectivity index (χ0) is 13.8. The summed E-state index contributed by atoms with van der Waals surface area (Å²) in [4.78, 5) is 22.5. The molecule has 0 aliphatic heterocycles. The van der Waals surface area contributed by atoms with Gasteiger partial charge in [-0.1, -0.05) is 15.9 Å². The van der Waals surface area contributed by atoms with Crippen molar-refractivity contribution in [2.45, 2.75) is 18.9 Å². The van der Waals surface area contributed by atoms with Crippen LogP contribution < -0.4 is 5.32 Å². The lowest BCUT2D eigenvalue weighted by molar-refractivity contribution is -0.121. The van der Waals surface area contributed by atoms with Gasteiger partial charge in [0.25, 0.3) is 0 Å². The summed E-state index contributed by atoms with van der Waals surface area (Å²) in [6.07, 6.45) is 3.29. The van der Waals surface area contributed by atoms with Crippen LogP contribution in [0.1, 0.15) is 18.9 Å². The van der Waals surface area contributed by atoms with Crippen LogP contribution in [0.2, 0.25) is 0 Å². The van der Waals surface area contributed by atoms with E-state index >= 15 is 0 Å². The molecule has 1 atom stereocenters. The summed E-state index contributed by atoms with van der Waals surface area (Å²) < 4.78 is 2.63. The molecule has 0 fully saturated rings. The molecular weight excluding hydrogens is 310 g/mol. The van der Waals surface area contributed by atoms with E-state index < -0.39 is 6.04 Å². The second-order valence-electron chi connectivity index (χ2n) is 4.21. The number of hydrogen-bond acceptors (Lipinski definition) is 3. The molecule has 6 heteroatoms. The average molecular weight is 324 g/mol. The van der Waals surface area contributed by atoms with E-state index in [1.165, 1.54) is 0 Å². The SMILES string of the molecule is CNC(=O)CCC(C=O)n1ncc2cc(Br)ccc21. The number of rotatable bonds is 5. The number of halogens is 1. The summed E-state index contributed by atoms with van der Waals surface area (Å²) in [7, 11) is 1.58. The maximum absolute atomic E-state index is 11.2. The summed E-state index contributed by atoms with van der Waals surface area (Å²) in [6, 6.07) is 5.33. The molecule has 0 saturated carbocycles. The Morgan fingerprint density at radius 3 is 3.05 bits per heavy atom. The van der Waals surface area contributed by atoms with Crippen molar-refractivity contribution in [1.29, 1.82) is 0 Å². The highest BCUT2D eigenvalue weighted by atomic mass is 79.9. The summed E-state index contributed by atoms with van der Waals surface area (Å²) in [5.74, 6) is -0.0777. The molecule has 19 heavy (non-hydrogen) atoms. The van der Waals surface area contributed by atoms with Crippen molar-refractivity contribution in [3.8, 4) is 0 Å². The second-order valence-corrected chi connectivity index (χ2v) is 5.12. The van der Waals surface area contributed by atoms with Crippen molar-refractivity contribution >= 4 is 39.0 Å². The molecule has 1 heterocycles. The van der Waals surface area contributed by atoms with Crippen LogP contribution in [0.3, 0.4) is 0 Å². The first-order valence-corrected chi connectivity index (χ1v) is 6.73. The zero-order valence-electron chi connectivity index (χ0n) is 10.5. The number of fused-ring (bicyclic) bond motifs is 1. The number of aldehydes is 1. The van der Waals surface area contributed by atoms with Crippen LogP contribution in [-0.4, -0.2) is 29.0 Å². The van der Waals surface area contributed by atoms with Gasteiger partial charge in [-0.05, 0) is 24.6 Å². The zero-order valence-corrected chi connectivity index (χ0v) is 12.1. The monoisotopic (exact) mass is 323 g/mol. The van der Waals surface area contributed by atoms with E-state index in [0.29, 0.717) is 12.8 Å². The molecule has 1 N–H and O–H groups in total. The quantitative estimate of drug-likeness (QED) is 0.857. The topological polar surface area (TPSA) is 64.0 Å². The Balaban J connectivity index is 2.25. The van der Waals surface area contributed by atoms with E-state index in [-0.39, 0.29) is 5.91 Å². The van der Waals surface area contributed by atoms with Crippen molar-refractivity contribution in [2.24, 2.45) is 0 Å². The fourth-order valence-electron chi connectivity index (χ4n) is 1.94. The fourth-order valence-corrected chi connectivity index (χ4v) is 2.32. The molecule has 2 rings (SSSR count). The lowest BCUT2D eigenvalue weighted by atomic mass is 10.1. The molecule has 1 aromatic heterocycles. The maximum atomic E-state index is 11.2. The predicted molar refractivity (Wildman–Crippen MR) is 75.8 cm³/mol. The van der Waals surface area contributed by atoms with Crippen molar-refractivity contribution in [3.63, 3.8) is 0 Å². The van der Waals surface area contributed by atoms with Crippen LogP contribution in [0.25, 0.3) is 10.9 Å². The summed E-state index contributed by atoms with van der Waals surface area (Å²) in [5.41, 5.74) is 0.886. The van der Waals surface area contributed by atoms with Crippen LogP contribution in [0, 0.1) is 0 Å². The predicted octanol–water partition coefficient (Wildman–Crippen LogP) is 2.06. The van der Waals surface area contributed by atoms with Gasteiger partial charge in [0, 0.05) is 23.3 Å². The van der Waals surface area contributed by atoms with E-state index in [4.69, 9.17) is 0 Å². The maximum Gasteiger partial charge on any atom is 0.219 e. The molecule has 2 aromatic rings. The van der Waals surface area contributed by atoms with Gasteiger partial charge in [-0.25, -0.2) is 0 Å². The van der Waals surface area contributed by atoms with E-state index in [2.05, 4.69) is 26.3 Å². The lowest BCUT2D eigenvalue weighted by Gasteiger charge is -2.11. The molecular formula is C13H14BrN3O2. The molecule has 0 radical (unpaired) electrons. The number of aromatic nitrogens is 2. The van der Waals surface area contributed by atoms with Crippen LogP contribution >= 0.6 is 15.9 Å². The minimum atomic E-state index is -0.420. The smallest absolute Gasteiger partial charge is 0.219 e. The van der Waals surface area contributed by atoms with Gasteiger partial charge < -0.3 is 10.1 Å². The van der Waals surface area contributed by atoms with E-state index in [1.54, 1.807) is 17.9 Å². The number of benzene rings is 1. The number of carbonyl (C=O) groups is 2. The highest BCUT2D eigenvalue weighted by molar-refractivity contribution is 9.10. The standard InChI is InChI=1S/C13H14BrN3O2/c1-15-13(19)5-3-11(8-18)17-12-4-2-10(14)6-9(12)7-16-17/h2,4,6-8,11H,3,5H2,1H3,(H,15,19). The lowest BCUT2D eigenvalue weighted by Crippen LogP contribution is -2.20. The van der Waals surface area contributed by atoms with Gasteiger partial charge in [0.1, 0.15) is 12.3 Å². The Hall–Kier alpha value is -1.69. The normalized spacial score (nSPS) is 12.3. The number of nitrogens with one attached hydrogen (secondary N) is 1. The van der Waals surface area contributed by atoms with E-state index in [1.807, 2.05) is 18.2 Å². The second kappa shape index (κ2) is 5.97. The number of carbonyl (C=O) groups excluding carboxylic acids is 2. The Morgan fingerprint density at radius 2 is 2.37 bits per heavy atom. The van der Waals surface area contributed by atoms with Crippen LogP contribution in [-0.2, 0) is 9.59 Å². The fraction of sp³-hybridized carbons (Fsp3) is 0.308. The van der Waals surface area contributed by atoms with Gasteiger partial charge >= 0.3 is 0 Å². The van der Waals surface area contributed by atoms with E-state index in [0.717, 1.165) is 21.7 Å². The van der Waals surface area contributed by atoms with Crippen molar-refractivity contribution in [1.82, 2.24) is 15.1 Å². The molecule has 0 aliphatic carbocycles. The molecule has 5 nitrogen and oxygen atoms in total. The third-order valence-electron chi connectivity index (χ3n) is 2.97. The number of amides is 1. The largest absolute Gasteiger partial charge is 0.359 e. The summed E-state index contributed by atoms with van der Waals surface area (Å²) in [6.45, 7) is 0. The molecule has 0 saturated heterocycles. The summed E-state index contributed by atoms with van der Waals surface area (Å²) >= 11 is 3.40. The van der Waals surface area contributed by atoms with Crippen molar-refractivity contribution in [3.05, 3.63) is 28.9 Å². The molecule has 1 unspecified atom stereocenters. The van der Waals surface area contributed by atoms with Crippen LogP contribution in [0.5, 0.6) is 0 Å². The molecule has 100 valence electrons. The van der Waals surface area contributed by atoms with Gasteiger partial charge in [0.15, 0.2) is 0 Å². The summed E-state index contributed by atoms with van der Waals surface area (Å²) in [5, 5.41) is 7.75. The Morgan fingerprint density at radius 1 is 1.58 bits per heavy atom. The average Bonchev–Trinajstić information content (AvgIpc) is 2.82. The molecule has 0 spiro atoms. The Kier molecular flexibility index (Phi) is 4.31. The van der Waals surface area contributed by atoms with Crippen molar-refractivity contribution in [2.75, 3.05) is 7.05 Å². The number of nitrogens with zero attached hydrogens (tertiary/aromatic N) is 2. The molecule has 1 amide bonds. The first-order valence-electron chi connectivity index (χ1n) is 5.94. The minimum absolute atomic E-state index is 0.0777. The molecule has 0 bridgehead atoms.